The van der Waals surface area contributed by atoms with Crippen LogP contribution in [0.25, 0.3) is 0 Å². The summed E-state index contributed by atoms with van der Waals surface area (Å²) in [5.41, 5.74) is 0. The van der Waals surface area contributed by atoms with Gasteiger partial charge in [0.05, 0.1) is 12.0 Å². The molecule has 1 atom stereocenters. The predicted molar refractivity (Wildman–Crippen MR) is 108 cm³/mol. The Morgan fingerprint density at radius 3 is 2.25 bits per heavy atom. The number of nitrogens with one attached hydrogen (secondary N) is 1. The third kappa shape index (κ3) is 5.24. The van der Waals surface area contributed by atoms with Crippen LogP contribution in [-0.4, -0.2) is 70.0 Å². The summed E-state index contributed by atoms with van der Waals surface area (Å²) in [5, 5.41) is 0. The zero-order chi connectivity index (χ0) is 20.3. The molecule has 0 spiro atoms. The topological polar surface area (TPSA) is 78.9 Å². The molecule has 1 aliphatic carbocycles. The second-order valence-electron chi connectivity index (χ2n) is 8.09. The molecule has 0 bridgehead atoms. The molecule has 8 heteroatoms. The van der Waals surface area contributed by atoms with Crippen molar-refractivity contribution < 1.29 is 17.9 Å². The van der Waals surface area contributed by atoms with E-state index in [0.717, 1.165) is 25.6 Å². The highest BCUT2D eigenvalue weighted by Crippen LogP contribution is 2.30. The zero-order valence-corrected chi connectivity index (χ0v) is 17.7. The Hall–Kier alpha value is -1.64. The molecule has 1 aromatic rings. The minimum Gasteiger partial charge on any atom is -0.497 e. The molecule has 0 radical (unpaired) electrons. The van der Waals surface area contributed by atoms with E-state index < -0.39 is 16.1 Å². The van der Waals surface area contributed by atoms with E-state index in [2.05, 4.69) is 9.62 Å². The number of amides is 1. The van der Waals surface area contributed by atoms with Crippen LogP contribution in [0.4, 0.5) is 0 Å². The monoisotopic (exact) mass is 409 g/mol. The van der Waals surface area contributed by atoms with Gasteiger partial charge in [0.15, 0.2) is 0 Å². The van der Waals surface area contributed by atoms with Crippen LogP contribution in [0.5, 0.6) is 5.75 Å². The van der Waals surface area contributed by atoms with E-state index in [4.69, 9.17) is 4.74 Å². The highest BCUT2D eigenvalue weighted by molar-refractivity contribution is 7.89. The number of carbonyl (C=O) groups excluding carboxylic acids is 1. The number of nitrogens with zero attached hydrogens (tertiary/aromatic N) is 2. The molecule has 0 aromatic heterocycles. The Labute approximate surface area is 168 Å². The largest absolute Gasteiger partial charge is 0.497 e. The predicted octanol–water partition coefficient (Wildman–Crippen LogP) is 1.55. The number of piperazine rings is 1. The number of ether oxygens (including phenoxy) is 1. The molecule has 1 aromatic carbocycles. The van der Waals surface area contributed by atoms with Crippen LogP contribution in [0.15, 0.2) is 29.2 Å². The quantitative estimate of drug-likeness (QED) is 0.705. The molecule has 7 nitrogen and oxygen atoms in total. The number of carbonyl (C=O) groups is 1. The van der Waals surface area contributed by atoms with Gasteiger partial charge in [-0.05, 0) is 48.9 Å². The van der Waals surface area contributed by atoms with Crippen LogP contribution in [0.3, 0.4) is 0 Å². The van der Waals surface area contributed by atoms with E-state index in [1.54, 1.807) is 17.0 Å². The fourth-order valence-corrected chi connectivity index (χ4v) is 4.81. The first kappa shape index (κ1) is 21.1. The lowest BCUT2D eigenvalue weighted by molar-refractivity contribution is -0.135. The van der Waals surface area contributed by atoms with Crippen molar-refractivity contribution in [3.63, 3.8) is 0 Å². The smallest absolute Gasteiger partial charge is 0.241 e. The third-order valence-corrected chi connectivity index (χ3v) is 6.94. The van der Waals surface area contributed by atoms with Gasteiger partial charge in [0, 0.05) is 32.7 Å². The summed E-state index contributed by atoms with van der Waals surface area (Å²) in [6.45, 7) is 7.87. The number of benzene rings is 1. The molecule has 0 unspecified atom stereocenters. The molecule has 1 heterocycles. The van der Waals surface area contributed by atoms with Gasteiger partial charge in [0.2, 0.25) is 15.9 Å². The summed E-state index contributed by atoms with van der Waals surface area (Å²) in [6, 6.07) is 5.39. The molecular weight excluding hydrogens is 378 g/mol. The molecule has 156 valence electrons. The normalized spacial score (nSPS) is 19.6. The zero-order valence-electron chi connectivity index (χ0n) is 16.9. The number of methoxy groups -OCH3 is 1. The van der Waals surface area contributed by atoms with Gasteiger partial charge < -0.3 is 9.64 Å². The van der Waals surface area contributed by atoms with Crippen molar-refractivity contribution in [3.05, 3.63) is 24.3 Å². The number of hydrogen-bond acceptors (Lipinski definition) is 5. The minimum absolute atomic E-state index is 0.126. The third-order valence-electron chi connectivity index (χ3n) is 5.48. The SMILES string of the molecule is COc1ccc(S(=O)(=O)N[C@H](C(=O)N2CCN(CC3CC3)CC2)C(C)C)cc1. The Balaban J connectivity index is 1.64. The molecule has 1 N–H and O–H groups in total. The van der Waals surface area contributed by atoms with Gasteiger partial charge in [-0.15, -0.1) is 0 Å². The second-order valence-corrected chi connectivity index (χ2v) is 9.80. The Morgan fingerprint density at radius 1 is 1.14 bits per heavy atom. The molecule has 28 heavy (non-hydrogen) atoms. The molecule has 1 amide bonds. The van der Waals surface area contributed by atoms with Gasteiger partial charge in [-0.2, -0.15) is 4.72 Å². The average Bonchev–Trinajstić information content (AvgIpc) is 3.50. The van der Waals surface area contributed by atoms with Gasteiger partial charge in [0.1, 0.15) is 11.8 Å². The van der Waals surface area contributed by atoms with Crippen LogP contribution in [-0.2, 0) is 14.8 Å². The van der Waals surface area contributed by atoms with Crippen molar-refractivity contribution in [2.45, 2.75) is 37.6 Å². The van der Waals surface area contributed by atoms with Gasteiger partial charge in [0.25, 0.3) is 0 Å². The van der Waals surface area contributed by atoms with Gasteiger partial charge in [-0.25, -0.2) is 8.42 Å². The first-order valence-electron chi connectivity index (χ1n) is 9.97. The maximum absolute atomic E-state index is 13.1. The highest BCUT2D eigenvalue weighted by Gasteiger charge is 2.34. The van der Waals surface area contributed by atoms with Crippen LogP contribution in [0.2, 0.25) is 0 Å². The van der Waals surface area contributed by atoms with E-state index in [9.17, 15) is 13.2 Å². The summed E-state index contributed by atoms with van der Waals surface area (Å²) in [5.74, 6) is 1.13. The maximum Gasteiger partial charge on any atom is 0.241 e. The molecule has 1 aliphatic heterocycles. The maximum atomic E-state index is 13.1. The summed E-state index contributed by atoms with van der Waals surface area (Å²) >= 11 is 0. The van der Waals surface area contributed by atoms with Crippen LogP contribution >= 0.6 is 0 Å². The number of sulfonamides is 1. The van der Waals surface area contributed by atoms with E-state index in [0.29, 0.717) is 18.8 Å². The van der Waals surface area contributed by atoms with E-state index in [1.165, 1.54) is 32.1 Å². The summed E-state index contributed by atoms with van der Waals surface area (Å²) in [7, 11) is -2.27. The molecule has 3 rings (SSSR count). The first-order valence-corrected chi connectivity index (χ1v) is 11.5. The molecule has 1 saturated heterocycles. The van der Waals surface area contributed by atoms with Gasteiger partial charge >= 0.3 is 0 Å². The van der Waals surface area contributed by atoms with Crippen LogP contribution < -0.4 is 9.46 Å². The first-order chi connectivity index (χ1) is 13.3. The van der Waals surface area contributed by atoms with Crippen molar-refractivity contribution in [3.8, 4) is 5.75 Å². The Morgan fingerprint density at radius 2 is 1.75 bits per heavy atom. The summed E-state index contributed by atoms with van der Waals surface area (Å²) in [4.78, 5) is 17.4. The Kier molecular flexibility index (Phi) is 6.62. The van der Waals surface area contributed by atoms with Crippen molar-refractivity contribution in [2.24, 2.45) is 11.8 Å². The lowest BCUT2D eigenvalue weighted by atomic mass is 10.0. The van der Waals surface area contributed by atoms with Gasteiger partial charge in [-0.3, -0.25) is 9.69 Å². The van der Waals surface area contributed by atoms with Crippen molar-refractivity contribution in [2.75, 3.05) is 39.8 Å². The van der Waals surface area contributed by atoms with Crippen molar-refractivity contribution in [1.29, 1.82) is 0 Å². The standard InChI is InChI=1S/C20H31N3O4S/c1-15(2)19(21-28(25,26)18-8-6-17(27-3)7-9-18)20(24)23-12-10-22(11-13-23)14-16-4-5-16/h6-9,15-16,19,21H,4-5,10-14H2,1-3H3/t19-/m0/s1. The lowest BCUT2D eigenvalue weighted by Crippen LogP contribution is -2.56. The average molecular weight is 410 g/mol. The van der Waals surface area contributed by atoms with Crippen molar-refractivity contribution >= 4 is 15.9 Å². The molecule has 1 saturated carbocycles. The van der Waals surface area contributed by atoms with Crippen molar-refractivity contribution in [1.82, 2.24) is 14.5 Å². The Bertz CT molecular complexity index is 767. The van der Waals surface area contributed by atoms with E-state index in [-0.39, 0.29) is 16.7 Å². The minimum atomic E-state index is -3.80. The summed E-state index contributed by atoms with van der Waals surface area (Å²) in [6.07, 6.45) is 2.64. The van der Waals surface area contributed by atoms with Crippen LogP contribution in [0, 0.1) is 11.8 Å². The lowest BCUT2D eigenvalue weighted by Gasteiger charge is -2.37. The second kappa shape index (κ2) is 8.80. The highest BCUT2D eigenvalue weighted by atomic mass is 32.2. The molecule has 2 aliphatic rings. The number of rotatable bonds is 8. The fraction of sp³-hybridized carbons (Fsp3) is 0.650. The fourth-order valence-electron chi connectivity index (χ4n) is 3.47. The molecule has 2 fully saturated rings. The van der Waals surface area contributed by atoms with Crippen LogP contribution in [0.1, 0.15) is 26.7 Å². The summed E-state index contributed by atoms with van der Waals surface area (Å²) < 4.78 is 33.3. The molecular formula is C20H31N3O4S. The number of hydrogen-bond donors (Lipinski definition) is 1. The van der Waals surface area contributed by atoms with Gasteiger partial charge in [-0.1, -0.05) is 13.8 Å². The van der Waals surface area contributed by atoms with E-state index in [1.807, 2.05) is 13.8 Å². The van der Waals surface area contributed by atoms with E-state index >= 15 is 0 Å².